The lowest BCUT2D eigenvalue weighted by molar-refractivity contribution is 1.08. The molecule has 0 radical (unpaired) electrons. The normalized spacial score (nSPS) is 11.6. The summed E-state index contributed by atoms with van der Waals surface area (Å²) in [7, 11) is 0. The van der Waals surface area contributed by atoms with Crippen molar-refractivity contribution in [3.63, 3.8) is 0 Å². The molecule has 2 aromatic heterocycles. The van der Waals surface area contributed by atoms with E-state index in [9.17, 15) is 0 Å². The summed E-state index contributed by atoms with van der Waals surface area (Å²) in [6, 6.07) is 55.1. The number of hydrogen-bond donors (Lipinski definition) is 0. The average Bonchev–Trinajstić information content (AvgIpc) is 3.43. The van der Waals surface area contributed by atoms with Crippen LogP contribution in [-0.2, 0) is 0 Å². The molecule has 212 valence electrons. The monoisotopic (exact) mass is 575 g/mol. The van der Waals surface area contributed by atoms with Gasteiger partial charge in [-0.05, 0) is 46.5 Å². The van der Waals surface area contributed by atoms with Crippen LogP contribution in [0.5, 0.6) is 0 Å². The zero-order chi connectivity index (χ0) is 29.7. The van der Waals surface area contributed by atoms with Crippen molar-refractivity contribution < 1.29 is 1.43 Å². The molecule has 0 fully saturated rings. The van der Waals surface area contributed by atoms with E-state index < -0.39 is 0 Å². The molecule has 0 atom stereocenters. The minimum Gasteiger partial charge on any atom is -1.00 e. The van der Waals surface area contributed by atoms with Gasteiger partial charge >= 0.3 is 0 Å². The number of aromatic nitrogens is 4. The molecule has 2 heterocycles. The zero-order valence-corrected chi connectivity index (χ0v) is 24.3. The van der Waals surface area contributed by atoms with Gasteiger partial charge in [-0.1, -0.05) is 127 Å². The van der Waals surface area contributed by atoms with Crippen molar-refractivity contribution in [1.29, 1.82) is 0 Å². The molecule has 9 aromatic rings. The molecule has 0 aliphatic rings. The second-order valence-corrected chi connectivity index (χ2v) is 11.3. The van der Waals surface area contributed by atoms with Gasteiger partial charge in [-0.3, -0.25) is 0 Å². The van der Waals surface area contributed by atoms with Gasteiger partial charge in [-0.25, -0.2) is 15.0 Å². The summed E-state index contributed by atoms with van der Waals surface area (Å²) in [5, 5.41) is 7.17. The molecule has 4 nitrogen and oxygen atoms in total. The van der Waals surface area contributed by atoms with Gasteiger partial charge < -0.3 is 5.99 Å². The molecule has 0 spiro atoms. The minimum absolute atomic E-state index is 0. The van der Waals surface area contributed by atoms with Crippen molar-refractivity contribution in [3.8, 4) is 39.9 Å². The Balaban J connectivity index is 0.00000312. The predicted octanol–water partition coefficient (Wildman–Crippen LogP) is 10.4. The van der Waals surface area contributed by atoms with Crippen LogP contribution in [0.15, 0.2) is 158 Å². The molecule has 0 amide bonds. The fraction of sp³-hybridized carbons (Fsp3) is 0. The zero-order valence-electron chi connectivity index (χ0n) is 25.3. The Bertz CT molecular complexity index is 2480. The molecule has 4 heteroatoms. The first kappa shape index (κ1) is 25.4. The molecule has 9 rings (SSSR count). The summed E-state index contributed by atoms with van der Waals surface area (Å²) >= 11 is 0. The molecule has 0 bridgehead atoms. The first-order chi connectivity index (χ1) is 22.3. The fourth-order valence-corrected chi connectivity index (χ4v) is 6.52. The van der Waals surface area contributed by atoms with Crippen LogP contribution in [0.2, 0.25) is 0 Å². The van der Waals surface area contributed by atoms with E-state index in [0.717, 1.165) is 33.2 Å². The fourth-order valence-electron chi connectivity index (χ4n) is 6.52. The van der Waals surface area contributed by atoms with Gasteiger partial charge in [-0.2, -0.15) is 0 Å². The second kappa shape index (κ2) is 10.2. The molecular weight excluding hydrogens is 548 g/mol. The van der Waals surface area contributed by atoms with Gasteiger partial charge in [0.2, 0.25) is 0 Å². The van der Waals surface area contributed by atoms with Crippen LogP contribution >= 0.6 is 0 Å². The largest absolute Gasteiger partial charge is 1.00 e. The highest BCUT2D eigenvalue weighted by molar-refractivity contribution is 6.15. The second-order valence-electron chi connectivity index (χ2n) is 11.3. The van der Waals surface area contributed by atoms with Gasteiger partial charge in [0.15, 0.2) is 17.5 Å². The molecule has 45 heavy (non-hydrogen) atoms. The van der Waals surface area contributed by atoms with Gasteiger partial charge in [0.1, 0.15) is 0 Å². The molecule has 0 saturated carbocycles. The Morgan fingerprint density at radius 2 is 0.911 bits per heavy atom. The van der Waals surface area contributed by atoms with Gasteiger partial charge in [0.25, 0.3) is 0 Å². The lowest BCUT2D eigenvalue weighted by Crippen LogP contribution is -2.01. The van der Waals surface area contributed by atoms with E-state index in [1.54, 1.807) is 0 Å². The quantitative estimate of drug-likeness (QED) is 0.210. The van der Waals surface area contributed by atoms with Crippen LogP contribution in [0.25, 0.3) is 83.2 Å². The van der Waals surface area contributed by atoms with E-state index in [1.165, 1.54) is 32.6 Å². The summed E-state index contributed by atoms with van der Waals surface area (Å²) in [4.78, 5) is 15.0. The van der Waals surface area contributed by atoms with E-state index in [0.29, 0.717) is 17.5 Å². The van der Waals surface area contributed by atoms with E-state index in [1.807, 2.05) is 60.7 Å². The van der Waals surface area contributed by atoms with Crippen molar-refractivity contribution in [1.82, 2.24) is 19.5 Å². The third kappa shape index (κ3) is 4.19. The summed E-state index contributed by atoms with van der Waals surface area (Å²) in [6.07, 6.45) is 0. The van der Waals surface area contributed by atoms with Crippen LogP contribution in [0, 0.1) is 0 Å². The van der Waals surface area contributed by atoms with Crippen LogP contribution in [0.1, 0.15) is 1.43 Å². The molecule has 0 N–H and O–H groups in total. The molecular formula is C41H27N4-. The maximum absolute atomic E-state index is 5.05. The van der Waals surface area contributed by atoms with Crippen molar-refractivity contribution >= 4 is 43.4 Å². The Kier molecular flexibility index (Phi) is 5.78. The topological polar surface area (TPSA) is 43.6 Å². The Morgan fingerprint density at radius 1 is 0.378 bits per heavy atom. The number of nitrogens with zero attached hydrogens (tertiary/aromatic N) is 4. The smallest absolute Gasteiger partial charge is 0.164 e. The number of rotatable bonds is 4. The molecule has 0 unspecified atom stereocenters. The van der Waals surface area contributed by atoms with Gasteiger partial charge in [0, 0.05) is 32.8 Å². The summed E-state index contributed by atoms with van der Waals surface area (Å²) < 4.78 is 2.40. The van der Waals surface area contributed by atoms with Crippen molar-refractivity contribution in [2.45, 2.75) is 0 Å². The predicted molar refractivity (Wildman–Crippen MR) is 187 cm³/mol. The van der Waals surface area contributed by atoms with E-state index in [-0.39, 0.29) is 1.43 Å². The number of hydrogen-bond acceptors (Lipinski definition) is 3. The van der Waals surface area contributed by atoms with E-state index in [4.69, 9.17) is 15.0 Å². The SMILES string of the molecule is [H-].c1ccc(-c2nc(-c3ccccc3)nc(-c3ccc(-n4c5ccccc5c5cc6ccccc6cc54)c4ccccc34)n2)cc1. The lowest BCUT2D eigenvalue weighted by atomic mass is 10.0. The first-order valence-electron chi connectivity index (χ1n) is 15.1. The van der Waals surface area contributed by atoms with Crippen molar-refractivity contribution in [2.75, 3.05) is 0 Å². The highest BCUT2D eigenvalue weighted by Crippen LogP contribution is 2.39. The molecule has 0 aliphatic heterocycles. The lowest BCUT2D eigenvalue weighted by Gasteiger charge is -2.15. The number of para-hydroxylation sites is 1. The van der Waals surface area contributed by atoms with E-state index in [2.05, 4.69) is 102 Å². The third-order valence-corrected chi connectivity index (χ3v) is 8.62. The Labute approximate surface area is 261 Å². The molecule has 7 aromatic carbocycles. The summed E-state index contributed by atoms with van der Waals surface area (Å²) in [6.45, 7) is 0. The van der Waals surface area contributed by atoms with Gasteiger partial charge in [0.05, 0.1) is 16.7 Å². The summed E-state index contributed by atoms with van der Waals surface area (Å²) in [5.74, 6) is 1.96. The molecule has 0 saturated heterocycles. The van der Waals surface area contributed by atoms with Crippen LogP contribution in [0.4, 0.5) is 0 Å². The highest BCUT2D eigenvalue weighted by Gasteiger charge is 2.19. The average molecular weight is 576 g/mol. The maximum atomic E-state index is 5.05. The first-order valence-corrected chi connectivity index (χ1v) is 15.1. The highest BCUT2D eigenvalue weighted by atomic mass is 15.0. The summed E-state index contributed by atoms with van der Waals surface area (Å²) in [5.41, 5.74) is 6.37. The van der Waals surface area contributed by atoms with Crippen LogP contribution in [-0.4, -0.2) is 19.5 Å². The minimum atomic E-state index is 0. The third-order valence-electron chi connectivity index (χ3n) is 8.62. The van der Waals surface area contributed by atoms with Crippen molar-refractivity contribution in [2.24, 2.45) is 0 Å². The Hall–Kier alpha value is -6.13. The van der Waals surface area contributed by atoms with Crippen LogP contribution < -0.4 is 0 Å². The van der Waals surface area contributed by atoms with Crippen molar-refractivity contribution in [3.05, 3.63) is 158 Å². The maximum Gasteiger partial charge on any atom is 0.164 e. The van der Waals surface area contributed by atoms with E-state index >= 15 is 0 Å². The van der Waals surface area contributed by atoms with Gasteiger partial charge in [-0.15, -0.1) is 0 Å². The van der Waals surface area contributed by atoms with Crippen LogP contribution in [0.3, 0.4) is 0 Å². The number of fused-ring (bicyclic) bond motifs is 5. The Morgan fingerprint density at radius 3 is 1.60 bits per heavy atom. The standard InChI is InChI=1S/C41H26N4.H/c1-3-13-27(14-4-1)39-42-40(28-15-5-2-6-16-28)44-41(43-39)34-23-24-37(32-20-10-9-19-31(32)34)45-36-22-12-11-21-33(36)35-25-29-17-7-8-18-30(29)26-38(35)45;/h1-26H;/q;-1. The molecule has 0 aliphatic carbocycles. The number of benzene rings is 7.